The highest BCUT2D eigenvalue weighted by molar-refractivity contribution is 6.32. The third-order valence-electron chi connectivity index (χ3n) is 4.49. The van der Waals surface area contributed by atoms with Crippen molar-refractivity contribution in [2.24, 2.45) is 0 Å². The predicted molar refractivity (Wildman–Crippen MR) is 98.4 cm³/mol. The van der Waals surface area contributed by atoms with E-state index >= 15 is 0 Å². The molecule has 3 rings (SSSR count). The van der Waals surface area contributed by atoms with Gasteiger partial charge in [0.2, 0.25) is 5.91 Å². The van der Waals surface area contributed by atoms with Crippen LogP contribution in [0.2, 0.25) is 5.02 Å². The molecular formula is C19H16ClFN2O4. The van der Waals surface area contributed by atoms with Crippen molar-refractivity contribution in [1.29, 1.82) is 0 Å². The van der Waals surface area contributed by atoms with Gasteiger partial charge in [0.25, 0.3) is 5.91 Å². The van der Waals surface area contributed by atoms with Gasteiger partial charge in [-0.3, -0.25) is 9.59 Å². The fourth-order valence-electron chi connectivity index (χ4n) is 3.08. The molecule has 0 unspecified atom stereocenters. The molecular weight excluding hydrogens is 375 g/mol. The summed E-state index contributed by atoms with van der Waals surface area (Å²) in [5, 5.41) is 18.8. The summed E-state index contributed by atoms with van der Waals surface area (Å²) in [6.45, 7) is 3.76. The van der Waals surface area contributed by atoms with E-state index in [-0.39, 0.29) is 19.0 Å². The largest absolute Gasteiger partial charge is 0.507 e. The monoisotopic (exact) mass is 390 g/mol. The number of nitrogens with zero attached hydrogens (tertiary/aromatic N) is 2. The Bertz CT molecular complexity index is 977. The van der Waals surface area contributed by atoms with E-state index in [0.29, 0.717) is 5.69 Å². The van der Waals surface area contributed by atoms with Gasteiger partial charge < -0.3 is 20.0 Å². The van der Waals surface area contributed by atoms with Crippen LogP contribution in [0.5, 0.6) is 11.5 Å². The molecule has 0 saturated heterocycles. The molecule has 2 N–H and O–H groups in total. The van der Waals surface area contributed by atoms with Crippen molar-refractivity contribution in [3.05, 3.63) is 64.5 Å². The Morgan fingerprint density at radius 1 is 1.30 bits per heavy atom. The van der Waals surface area contributed by atoms with Gasteiger partial charge in [-0.2, -0.15) is 0 Å². The maximum atomic E-state index is 14.4. The van der Waals surface area contributed by atoms with Gasteiger partial charge in [0.1, 0.15) is 22.1 Å². The fraction of sp³-hybridized carbons (Fsp3) is 0.158. The quantitative estimate of drug-likeness (QED) is 0.789. The van der Waals surface area contributed by atoms with Crippen LogP contribution in [0.3, 0.4) is 0 Å². The number of hydrogen-bond acceptors (Lipinski definition) is 4. The Morgan fingerprint density at radius 3 is 2.67 bits per heavy atom. The maximum Gasteiger partial charge on any atom is 0.261 e. The first-order valence-corrected chi connectivity index (χ1v) is 8.34. The summed E-state index contributed by atoms with van der Waals surface area (Å²) in [6.07, 6.45) is 1.18. The van der Waals surface area contributed by atoms with Gasteiger partial charge in [0.15, 0.2) is 5.82 Å². The number of rotatable bonds is 3. The van der Waals surface area contributed by atoms with E-state index in [1.807, 2.05) is 0 Å². The third kappa shape index (κ3) is 3.10. The normalized spacial score (nSPS) is 12.6. The number of hydrogen-bond donors (Lipinski definition) is 2. The molecule has 0 aliphatic carbocycles. The molecule has 27 heavy (non-hydrogen) atoms. The van der Waals surface area contributed by atoms with E-state index in [2.05, 4.69) is 6.58 Å². The molecule has 1 heterocycles. The van der Waals surface area contributed by atoms with Gasteiger partial charge in [-0.05, 0) is 17.7 Å². The summed E-state index contributed by atoms with van der Waals surface area (Å²) in [5.41, 5.74) is 1.55. The topological polar surface area (TPSA) is 81.1 Å². The molecule has 2 aromatic rings. The van der Waals surface area contributed by atoms with Gasteiger partial charge in [-0.15, -0.1) is 0 Å². The van der Waals surface area contributed by atoms with E-state index < -0.39 is 33.8 Å². The van der Waals surface area contributed by atoms with E-state index in [0.717, 1.165) is 17.2 Å². The van der Waals surface area contributed by atoms with Crippen molar-refractivity contribution >= 4 is 29.1 Å². The van der Waals surface area contributed by atoms with Gasteiger partial charge in [0, 0.05) is 37.5 Å². The average molecular weight is 391 g/mol. The highest BCUT2D eigenvalue weighted by Gasteiger charge is 2.32. The number of anilines is 1. The van der Waals surface area contributed by atoms with Gasteiger partial charge in [0.05, 0.1) is 0 Å². The SMILES string of the molecule is C=CC(=O)N(C)c1cccc2c1CN(C(=O)c1c(O)cc(O)c(Cl)c1F)C2. The number of aromatic hydroxyl groups is 2. The zero-order valence-electron chi connectivity index (χ0n) is 14.4. The Balaban J connectivity index is 1.96. The summed E-state index contributed by atoms with van der Waals surface area (Å²) in [4.78, 5) is 27.4. The van der Waals surface area contributed by atoms with Gasteiger partial charge in [-0.1, -0.05) is 30.3 Å². The van der Waals surface area contributed by atoms with Crippen molar-refractivity contribution in [3.63, 3.8) is 0 Å². The second-order valence-electron chi connectivity index (χ2n) is 6.10. The number of carbonyl (C=O) groups excluding carboxylic acids is 2. The lowest BCUT2D eigenvalue weighted by Crippen LogP contribution is -2.27. The molecule has 2 amide bonds. The molecule has 140 valence electrons. The summed E-state index contributed by atoms with van der Waals surface area (Å²) in [7, 11) is 1.59. The number of phenolic OH excluding ortho intramolecular Hbond substituents is 2. The zero-order chi connectivity index (χ0) is 19.9. The zero-order valence-corrected chi connectivity index (χ0v) is 15.1. The van der Waals surface area contributed by atoms with Gasteiger partial charge >= 0.3 is 0 Å². The lowest BCUT2D eigenvalue weighted by Gasteiger charge is -2.20. The lowest BCUT2D eigenvalue weighted by atomic mass is 10.1. The van der Waals surface area contributed by atoms with Gasteiger partial charge in [-0.25, -0.2) is 4.39 Å². The van der Waals surface area contributed by atoms with Crippen LogP contribution in [0.4, 0.5) is 10.1 Å². The molecule has 6 nitrogen and oxygen atoms in total. The van der Waals surface area contributed by atoms with Crippen LogP contribution in [0.1, 0.15) is 21.5 Å². The molecule has 0 saturated carbocycles. The summed E-state index contributed by atoms with van der Waals surface area (Å²) in [6, 6.07) is 6.12. The Kier molecular flexibility index (Phi) is 4.80. The van der Waals surface area contributed by atoms with Crippen LogP contribution in [-0.4, -0.2) is 34.0 Å². The Labute approximate surface area is 159 Å². The number of benzene rings is 2. The lowest BCUT2D eigenvalue weighted by molar-refractivity contribution is -0.113. The molecule has 1 aliphatic rings. The minimum absolute atomic E-state index is 0.122. The van der Waals surface area contributed by atoms with Crippen LogP contribution in [0.25, 0.3) is 0 Å². The first-order valence-electron chi connectivity index (χ1n) is 7.96. The highest BCUT2D eigenvalue weighted by Crippen LogP contribution is 2.38. The molecule has 0 fully saturated rings. The molecule has 0 radical (unpaired) electrons. The standard InChI is InChI=1S/C19H16ClFN2O4/c1-3-15(26)22(2)12-6-4-5-10-8-23(9-11(10)12)19(27)16-13(24)7-14(25)17(20)18(16)21/h3-7,24-25H,1,8-9H2,2H3. The molecule has 2 aromatic carbocycles. The average Bonchev–Trinajstić information content (AvgIpc) is 3.09. The molecule has 0 aromatic heterocycles. The Hall–Kier alpha value is -3.06. The number of amides is 2. The fourth-order valence-corrected chi connectivity index (χ4v) is 3.23. The summed E-state index contributed by atoms with van der Waals surface area (Å²) < 4.78 is 14.4. The van der Waals surface area contributed by atoms with Crippen molar-refractivity contribution in [2.45, 2.75) is 13.1 Å². The highest BCUT2D eigenvalue weighted by atomic mass is 35.5. The second-order valence-corrected chi connectivity index (χ2v) is 6.47. The first kappa shape index (κ1) is 18.7. The van der Waals surface area contributed by atoms with Crippen molar-refractivity contribution in [2.75, 3.05) is 11.9 Å². The van der Waals surface area contributed by atoms with Crippen molar-refractivity contribution < 1.29 is 24.2 Å². The first-order chi connectivity index (χ1) is 12.8. The van der Waals surface area contributed by atoms with E-state index in [1.54, 1.807) is 25.2 Å². The van der Waals surface area contributed by atoms with Crippen LogP contribution in [0, 0.1) is 5.82 Å². The van der Waals surface area contributed by atoms with Crippen LogP contribution in [0.15, 0.2) is 36.9 Å². The predicted octanol–water partition coefficient (Wildman–Crippen LogP) is 3.20. The minimum atomic E-state index is -1.19. The minimum Gasteiger partial charge on any atom is -0.507 e. The number of halogens is 2. The number of carbonyl (C=O) groups is 2. The molecule has 8 heteroatoms. The molecule has 1 aliphatic heterocycles. The maximum absolute atomic E-state index is 14.4. The van der Waals surface area contributed by atoms with Crippen LogP contribution < -0.4 is 4.90 Å². The van der Waals surface area contributed by atoms with E-state index in [4.69, 9.17) is 11.6 Å². The number of phenols is 2. The second kappa shape index (κ2) is 6.92. The molecule has 0 bridgehead atoms. The van der Waals surface area contributed by atoms with Crippen molar-refractivity contribution in [3.8, 4) is 11.5 Å². The summed E-state index contributed by atoms with van der Waals surface area (Å²) in [5.74, 6) is -3.61. The molecule has 0 spiro atoms. The molecule has 0 atom stereocenters. The number of fused-ring (bicyclic) bond motifs is 1. The van der Waals surface area contributed by atoms with Crippen LogP contribution in [-0.2, 0) is 17.9 Å². The van der Waals surface area contributed by atoms with Crippen LogP contribution >= 0.6 is 11.6 Å². The third-order valence-corrected chi connectivity index (χ3v) is 4.85. The smallest absolute Gasteiger partial charge is 0.261 e. The number of likely N-dealkylation sites (N-methyl/N-ethyl adjacent to an activating group) is 1. The van der Waals surface area contributed by atoms with Crippen molar-refractivity contribution in [1.82, 2.24) is 4.90 Å². The summed E-state index contributed by atoms with van der Waals surface area (Å²) >= 11 is 5.65. The Morgan fingerprint density at radius 2 is 2.00 bits per heavy atom. The van der Waals surface area contributed by atoms with E-state index in [1.165, 1.54) is 15.9 Å². The van der Waals surface area contributed by atoms with E-state index in [9.17, 15) is 24.2 Å².